The van der Waals surface area contributed by atoms with Gasteiger partial charge in [0.1, 0.15) is 12.4 Å². The van der Waals surface area contributed by atoms with Gasteiger partial charge in [-0.15, -0.1) is 0 Å². The highest BCUT2D eigenvalue weighted by Gasteiger charge is 2.06. The molecule has 1 radical (unpaired) electrons. The van der Waals surface area contributed by atoms with Gasteiger partial charge in [-0.25, -0.2) is 9.50 Å². The zero-order chi connectivity index (χ0) is 8.97. The Balaban J connectivity index is 3.00. The summed E-state index contributed by atoms with van der Waals surface area (Å²) < 4.78 is 17.7. The van der Waals surface area contributed by atoms with E-state index in [1.165, 1.54) is 13.2 Å². The lowest BCUT2D eigenvalue weighted by atomic mass is 10.1. The minimum absolute atomic E-state index is 0.208. The van der Waals surface area contributed by atoms with E-state index in [0.29, 0.717) is 5.56 Å². The van der Waals surface area contributed by atoms with E-state index in [2.05, 4.69) is 0 Å². The van der Waals surface area contributed by atoms with Crippen molar-refractivity contribution in [2.45, 2.75) is 13.2 Å². The van der Waals surface area contributed by atoms with Gasteiger partial charge >= 0.3 is 0 Å². The van der Waals surface area contributed by atoms with Crippen LogP contribution in [0.5, 0.6) is 0 Å². The number of hydrogen-bond donors (Lipinski definition) is 0. The Kier molecular flexibility index (Phi) is 3.19. The van der Waals surface area contributed by atoms with Crippen molar-refractivity contribution < 1.29 is 14.2 Å². The van der Waals surface area contributed by atoms with Crippen LogP contribution >= 0.6 is 0 Å². The van der Waals surface area contributed by atoms with Crippen LogP contribution in [0.3, 0.4) is 0 Å². The molecule has 3 heteroatoms. The van der Waals surface area contributed by atoms with Crippen molar-refractivity contribution in [3.8, 4) is 0 Å². The van der Waals surface area contributed by atoms with Crippen LogP contribution in [0.4, 0.5) is 4.39 Å². The fourth-order valence-corrected chi connectivity index (χ4v) is 1.06. The average molecular weight is 169 g/mol. The molecule has 0 bridgehead atoms. The Morgan fingerprint density at radius 1 is 1.50 bits per heavy atom. The van der Waals surface area contributed by atoms with Crippen LogP contribution in [0.1, 0.15) is 11.1 Å². The summed E-state index contributed by atoms with van der Waals surface area (Å²) in [5.41, 5.74) is 0.840. The minimum atomic E-state index is -0.536. The third kappa shape index (κ3) is 1.81. The summed E-state index contributed by atoms with van der Waals surface area (Å²) in [6, 6.07) is 4.55. The molecule has 0 saturated carbocycles. The molecule has 2 nitrogen and oxygen atoms in total. The molecule has 12 heavy (non-hydrogen) atoms. The Morgan fingerprint density at radius 2 is 2.25 bits per heavy atom. The number of benzene rings is 1. The van der Waals surface area contributed by atoms with Gasteiger partial charge in [0.15, 0.2) is 0 Å². The molecule has 0 aliphatic heterocycles. The molecule has 0 aliphatic rings. The maximum Gasteiger partial charge on any atom is 0.129 e. The molecule has 65 valence electrons. The van der Waals surface area contributed by atoms with Crippen LogP contribution in [0.25, 0.3) is 0 Å². The SMILES string of the molecule is COCc1cccc(F)c1C[O]. The molecule has 0 spiro atoms. The van der Waals surface area contributed by atoms with Crippen LogP contribution in [0, 0.1) is 5.82 Å². The molecule has 0 aliphatic carbocycles. The van der Waals surface area contributed by atoms with E-state index >= 15 is 0 Å². The maximum absolute atomic E-state index is 12.9. The zero-order valence-electron chi connectivity index (χ0n) is 6.84. The van der Waals surface area contributed by atoms with Gasteiger partial charge in [0.05, 0.1) is 6.61 Å². The van der Waals surface area contributed by atoms with E-state index < -0.39 is 12.4 Å². The molecule has 0 N–H and O–H groups in total. The third-order valence-corrected chi connectivity index (χ3v) is 1.66. The zero-order valence-corrected chi connectivity index (χ0v) is 6.84. The van der Waals surface area contributed by atoms with Crippen molar-refractivity contribution in [3.05, 3.63) is 35.1 Å². The highest BCUT2D eigenvalue weighted by molar-refractivity contribution is 5.27. The van der Waals surface area contributed by atoms with E-state index in [4.69, 9.17) is 4.74 Å². The van der Waals surface area contributed by atoms with Crippen molar-refractivity contribution >= 4 is 0 Å². The van der Waals surface area contributed by atoms with Gasteiger partial charge in [-0.05, 0) is 11.6 Å². The topological polar surface area (TPSA) is 29.1 Å². The van der Waals surface area contributed by atoms with Crippen LogP contribution in [-0.4, -0.2) is 7.11 Å². The van der Waals surface area contributed by atoms with Crippen LogP contribution in [-0.2, 0) is 23.1 Å². The molecule has 0 heterocycles. The number of rotatable bonds is 3. The van der Waals surface area contributed by atoms with E-state index in [0.717, 1.165) is 0 Å². The Morgan fingerprint density at radius 3 is 2.83 bits per heavy atom. The lowest BCUT2D eigenvalue weighted by Gasteiger charge is -2.05. The van der Waals surface area contributed by atoms with E-state index in [1.807, 2.05) is 0 Å². The average Bonchev–Trinajstić information content (AvgIpc) is 2.05. The van der Waals surface area contributed by atoms with Crippen LogP contribution in [0.15, 0.2) is 18.2 Å². The van der Waals surface area contributed by atoms with Gasteiger partial charge in [0.25, 0.3) is 0 Å². The number of halogens is 1. The monoisotopic (exact) mass is 169 g/mol. The smallest absolute Gasteiger partial charge is 0.129 e. The normalized spacial score (nSPS) is 10.2. The first-order valence-electron chi connectivity index (χ1n) is 3.63. The second kappa shape index (κ2) is 4.18. The highest BCUT2D eigenvalue weighted by Crippen LogP contribution is 2.14. The predicted molar refractivity (Wildman–Crippen MR) is 41.5 cm³/mol. The summed E-state index contributed by atoms with van der Waals surface area (Å²) in [6.07, 6.45) is 0. The fraction of sp³-hybridized carbons (Fsp3) is 0.333. The molecule has 0 amide bonds. The van der Waals surface area contributed by atoms with Gasteiger partial charge < -0.3 is 4.74 Å². The molecule has 0 aromatic heterocycles. The standard InChI is InChI=1S/C9H10FO2/c1-12-6-7-3-2-4-9(10)8(7)5-11/h2-4H,5-6H2,1H3. The summed E-state index contributed by atoms with van der Waals surface area (Å²) in [4.78, 5) is 0. The Labute approximate surface area is 70.6 Å². The highest BCUT2D eigenvalue weighted by atomic mass is 19.1. The quantitative estimate of drug-likeness (QED) is 0.679. The molecule has 1 aromatic carbocycles. The Hall–Kier alpha value is -0.930. The van der Waals surface area contributed by atoms with Crippen molar-refractivity contribution in [1.29, 1.82) is 0 Å². The fourth-order valence-electron chi connectivity index (χ4n) is 1.06. The summed E-state index contributed by atoms with van der Waals surface area (Å²) >= 11 is 0. The third-order valence-electron chi connectivity index (χ3n) is 1.66. The first kappa shape index (κ1) is 9.16. The predicted octanol–water partition coefficient (Wildman–Crippen LogP) is 1.90. The molecule has 1 rings (SSSR count). The van der Waals surface area contributed by atoms with Crippen molar-refractivity contribution in [2.75, 3.05) is 7.11 Å². The first-order chi connectivity index (χ1) is 5.79. The summed E-state index contributed by atoms with van der Waals surface area (Å²) in [5, 5.41) is 10.6. The molecule has 1 aromatic rings. The maximum atomic E-state index is 12.9. The number of methoxy groups -OCH3 is 1. The van der Waals surface area contributed by atoms with Crippen LogP contribution in [0.2, 0.25) is 0 Å². The molecule has 0 atom stereocenters. The van der Waals surface area contributed by atoms with Crippen molar-refractivity contribution in [2.24, 2.45) is 0 Å². The molecular weight excluding hydrogens is 159 g/mol. The lowest BCUT2D eigenvalue weighted by Crippen LogP contribution is -1.98. The van der Waals surface area contributed by atoms with Gasteiger partial charge in [0.2, 0.25) is 0 Å². The molecule has 0 fully saturated rings. The minimum Gasteiger partial charge on any atom is -0.380 e. The second-order valence-electron chi connectivity index (χ2n) is 2.45. The van der Waals surface area contributed by atoms with Gasteiger partial charge in [-0.2, -0.15) is 0 Å². The first-order valence-corrected chi connectivity index (χ1v) is 3.63. The van der Waals surface area contributed by atoms with E-state index in [-0.39, 0.29) is 12.2 Å². The second-order valence-corrected chi connectivity index (χ2v) is 2.45. The number of ether oxygens (including phenoxy) is 1. The summed E-state index contributed by atoms with van der Waals surface area (Å²) in [6.45, 7) is -0.249. The summed E-state index contributed by atoms with van der Waals surface area (Å²) in [5.74, 6) is -0.445. The van der Waals surface area contributed by atoms with Crippen LogP contribution < -0.4 is 0 Å². The van der Waals surface area contributed by atoms with Gasteiger partial charge in [-0.3, -0.25) is 0 Å². The molecule has 0 unspecified atom stereocenters. The number of hydrogen-bond acceptors (Lipinski definition) is 1. The largest absolute Gasteiger partial charge is 0.380 e. The molecular formula is C9H10FO2. The van der Waals surface area contributed by atoms with Gasteiger partial charge in [-0.1, -0.05) is 12.1 Å². The van der Waals surface area contributed by atoms with Crippen molar-refractivity contribution in [3.63, 3.8) is 0 Å². The van der Waals surface area contributed by atoms with E-state index in [1.54, 1.807) is 12.1 Å². The Bertz CT molecular complexity index is 261. The lowest BCUT2D eigenvalue weighted by molar-refractivity contribution is 0.160. The van der Waals surface area contributed by atoms with Crippen molar-refractivity contribution in [1.82, 2.24) is 0 Å². The summed E-state index contributed by atoms with van der Waals surface area (Å²) in [7, 11) is 1.51. The van der Waals surface area contributed by atoms with Gasteiger partial charge in [0, 0.05) is 12.7 Å². The molecule has 0 saturated heterocycles. The van der Waals surface area contributed by atoms with E-state index in [9.17, 15) is 9.50 Å².